The maximum atomic E-state index is 12.5. The van der Waals surface area contributed by atoms with Crippen LogP contribution in [-0.4, -0.2) is 31.2 Å². The van der Waals surface area contributed by atoms with Gasteiger partial charge in [0, 0.05) is 25.4 Å². The smallest absolute Gasteiger partial charge is 0.229 e. The first kappa shape index (κ1) is 14.0. The van der Waals surface area contributed by atoms with Crippen molar-refractivity contribution in [1.29, 1.82) is 0 Å². The van der Waals surface area contributed by atoms with Gasteiger partial charge in [0.1, 0.15) is 0 Å². The molecule has 0 saturated carbocycles. The molecule has 0 bridgehead atoms. The average Bonchev–Trinajstić information content (AvgIpc) is 2.37. The Kier molecular flexibility index (Phi) is 3.92. The number of nitrogens with two attached hydrogens (primary N) is 1. The lowest BCUT2D eigenvalue weighted by molar-refractivity contribution is -0.123. The van der Waals surface area contributed by atoms with Crippen molar-refractivity contribution in [2.24, 2.45) is 5.73 Å². The van der Waals surface area contributed by atoms with Gasteiger partial charge in [0.2, 0.25) is 5.91 Å². The highest BCUT2D eigenvalue weighted by Gasteiger charge is 2.30. The molecule has 104 valence electrons. The minimum Gasteiger partial charge on any atom is -0.378 e. The van der Waals surface area contributed by atoms with Gasteiger partial charge in [-0.25, -0.2) is 0 Å². The van der Waals surface area contributed by atoms with E-state index < -0.39 is 5.60 Å². The number of para-hydroxylation sites is 1. The van der Waals surface area contributed by atoms with E-state index in [1.165, 1.54) is 0 Å². The third-order valence-corrected chi connectivity index (χ3v) is 3.61. The van der Waals surface area contributed by atoms with Gasteiger partial charge in [0.05, 0.1) is 12.0 Å². The van der Waals surface area contributed by atoms with Crippen LogP contribution in [0.15, 0.2) is 24.3 Å². The van der Waals surface area contributed by atoms with Crippen LogP contribution in [-0.2, 0) is 16.0 Å². The maximum absolute atomic E-state index is 12.5. The van der Waals surface area contributed by atoms with Crippen LogP contribution in [0.2, 0.25) is 0 Å². The van der Waals surface area contributed by atoms with E-state index in [1.54, 1.807) is 12.0 Å². The number of carbonyl (C=O) groups is 1. The van der Waals surface area contributed by atoms with Gasteiger partial charge < -0.3 is 15.4 Å². The highest BCUT2D eigenvalue weighted by Crippen LogP contribution is 2.28. The normalized spacial score (nSPS) is 19.2. The van der Waals surface area contributed by atoms with Crippen LogP contribution in [0.25, 0.3) is 0 Å². The summed E-state index contributed by atoms with van der Waals surface area (Å²) in [5.74, 6) is 0.0643. The molecule has 1 amide bonds. The Morgan fingerprint density at radius 3 is 2.84 bits per heavy atom. The number of benzene rings is 1. The Balaban J connectivity index is 2.23. The quantitative estimate of drug-likeness (QED) is 0.902. The zero-order chi connectivity index (χ0) is 14.0. The molecule has 4 nitrogen and oxygen atoms in total. The fourth-order valence-electron chi connectivity index (χ4n) is 2.39. The standard InChI is InChI=1S/C15H22N2O2/c1-15(2,19-3)9-14(18)17-10-12(16)8-11-6-4-5-7-13(11)17/h4-7,12H,8-10,16H2,1-3H3. The van der Waals surface area contributed by atoms with E-state index in [0.29, 0.717) is 13.0 Å². The predicted molar refractivity (Wildman–Crippen MR) is 76.2 cm³/mol. The van der Waals surface area contributed by atoms with E-state index in [4.69, 9.17) is 10.5 Å². The van der Waals surface area contributed by atoms with Crippen molar-refractivity contribution in [1.82, 2.24) is 0 Å². The van der Waals surface area contributed by atoms with Crippen LogP contribution in [0.5, 0.6) is 0 Å². The van der Waals surface area contributed by atoms with E-state index in [1.807, 2.05) is 38.1 Å². The van der Waals surface area contributed by atoms with Gasteiger partial charge in [0.25, 0.3) is 0 Å². The van der Waals surface area contributed by atoms with E-state index in [-0.39, 0.29) is 11.9 Å². The van der Waals surface area contributed by atoms with E-state index in [9.17, 15) is 4.79 Å². The molecule has 1 aromatic carbocycles. The number of methoxy groups -OCH3 is 1. The summed E-state index contributed by atoms with van der Waals surface area (Å²) in [7, 11) is 1.63. The van der Waals surface area contributed by atoms with Crippen molar-refractivity contribution in [3.63, 3.8) is 0 Å². The first-order valence-electron chi connectivity index (χ1n) is 6.62. The first-order chi connectivity index (χ1) is 8.93. The van der Waals surface area contributed by atoms with E-state index in [2.05, 4.69) is 0 Å². The Labute approximate surface area is 114 Å². The molecule has 1 aromatic rings. The highest BCUT2D eigenvalue weighted by molar-refractivity contribution is 5.95. The van der Waals surface area contributed by atoms with Crippen LogP contribution in [0, 0.1) is 0 Å². The fraction of sp³-hybridized carbons (Fsp3) is 0.533. The third kappa shape index (κ3) is 3.14. The summed E-state index contributed by atoms with van der Waals surface area (Å²) in [5, 5.41) is 0. The Hall–Kier alpha value is -1.39. The molecule has 0 radical (unpaired) electrons. The molecule has 0 saturated heterocycles. The van der Waals surface area contributed by atoms with Crippen molar-refractivity contribution in [2.45, 2.75) is 38.3 Å². The summed E-state index contributed by atoms with van der Waals surface area (Å²) in [5.41, 5.74) is 7.73. The molecular formula is C15H22N2O2. The van der Waals surface area contributed by atoms with Gasteiger partial charge in [-0.1, -0.05) is 18.2 Å². The Bertz CT molecular complexity index is 471. The van der Waals surface area contributed by atoms with Crippen LogP contribution >= 0.6 is 0 Å². The summed E-state index contributed by atoms with van der Waals surface area (Å²) < 4.78 is 5.34. The van der Waals surface area contributed by atoms with E-state index >= 15 is 0 Å². The molecule has 19 heavy (non-hydrogen) atoms. The lowest BCUT2D eigenvalue weighted by atomic mass is 9.96. The lowest BCUT2D eigenvalue weighted by Gasteiger charge is -2.35. The SMILES string of the molecule is COC(C)(C)CC(=O)N1CC(N)Cc2ccccc21. The molecule has 0 spiro atoms. The summed E-state index contributed by atoms with van der Waals surface area (Å²) in [6.07, 6.45) is 1.18. The van der Waals surface area contributed by atoms with Crippen molar-refractivity contribution in [3.8, 4) is 0 Å². The zero-order valence-electron chi connectivity index (χ0n) is 11.8. The molecular weight excluding hydrogens is 240 g/mol. The lowest BCUT2D eigenvalue weighted by Crippen LogP contribution is -2.48. The monoisotopic (exact) mass is 262 g/mol. The highest BCUT2D eigenvalue weighted by atomic mass is 16.5. The minimum atomic E-state index is -0.451. The van der Waals surface area contributed by atoms with Crippen molar-refractivity contribution in [2.75, 3.05) is 18.6 Å². The van der Waals surface area contributed by atoms with Crippen LogP contribution < -0.4 is 10.6 Å². The van der Waals surface area contributed by atoms with Crippen molar-refractivity contribution in [3.05, 3.63) is 29.8 Å². The average molecular weight is 262 g/mol. The Morgan fingerprint density at radius 2 is 2.16 bits per heavy atom. The summed E-state index contributed by atoms with van der Waals surface area (Å²) in [6, 6.07) is 7.97. The second-order valence-corrected chi connectivity index (χ2v) is 5.74. The van der Waals surface area contributed by atoms with Gasteiger partial charge in [-0.2, -0.15) is 0 Å². The van der Waals surface area contributed by atoms with Crippen LogP contribution in [0.1, 0.15) is 25.8 Å². The van der Waals surface area contributed by atoms with Gasteiger partial charge in [-0.3, -0.25) is 4.79 Å². The molecule has 1 unspecified atom stereocenters. The number of carbonyl (C=O) groups excluding carboxylic acids is 1. The van der Waals surface area contributed by atoms with Crippen LogP contribution in [0.3, 0.4) is 0 Å². The molecule has 1 heterocycles. The second-order valence-electron chi connectivity index (χ2n) is 5.74. The molecule has 2 rings (SSSR count). The molecule has 1 aliphatic heterocycles. The van der Waals surface area contributed by atoms with Gasteiger partial charge >= 0.3 is 0 Å². The zero-order valence-corrected chi connectivity index (χ0v) is 11.8. The largest absolute Gasteiger partial charge is 0.378 e. The molecule has 2 N–H and O–H groups in total. The second kappa shape index (κ2) is 5.31. The number of rotatable bonds is 3. The van der Waals surface area contributed by atoms with Crippen LogP contribution in [0.4, 0.5) is 5.69 Å². The summed E-state index contributed by atoms with van der Waals surface area (Å²) >= 11 is 0. The van der Waals surface area contributed by atoms with Gasteiger partial charge in [0.15, 0.2) is 0 Å². The number of hydrogen-bond donors (Lipinski definition) is 1. The van der Waals surface area contributed by atoms with Crippen molar-refractivity contribution >= 4 is 11.6 Å². The van der Waals surface area contributed by atoms with Crippen molar-refractivity contribution < 1.29 is 9.53 Å². The Morgan fingerprint density at radius 1 is 1.47 bits per heavy atom. The summed E-state index contributed by atoms with van der Waals surface area (Å²) in [4.78, 5) is 14.3. The molecule has 1 atom stereocenters. The molecule has 4 heteroatoms. The first-order valence-corrected chi connectivity index (χ1v) is 6.62. The maximum Gasteiger partial charge on any atom is 0.229 e. The number of nitrogens with zero attached hydrogens (tertiary/aromatic N) is 1. The topological polar surface area (TPSA) is 55.6 Å². The number of amides is 1. The summed E-state index contributed by atoms with van der Waals surface area (Å²) in [6.45, 7) is 4.41. The molecule has 0 fully saturated rings. The third-order valence-electron chi connectivity index (χ3n) is 3.61. The molecule has 0 aromatic heterocycles. The number of hydrogen-bond acceptors (Lipinski definition) is 3. The van der Waals surface area contributed by atoms with Gasteiger partial charge in [-0.05, 0) is 31.9 Å². The minimum absolute atomic E-state index is 0.00417. The number of fused-ring (bicyclic) bond motifs is 1. The number of anilines is 1. The van der Waals surface area contributed by atoms with E-state index in [0.717, 1.165) is 17.7 Å². The predicted octanol–water partition coefficient (Wildman–Crippen LogP) is 1.72. The number of ether oxygens (including phenoxy) is 1. The fourth-order valence-corrected chi connectivity index (χ4v) is 2.39. The van der Waals surface area contributed by atoms with Gasteiger partial charge in [-0.15, -0.1) is 0 Å². The molecule has 0 aliphatic carbocycles. The molecule has 1 aliphatic rings.